The van der Waals surface area contributed by atoms with Crippen molar-refractivity contribution in [2.75, 3.05) is 5.32 Å². The zero-order valence-electron chi connectivity index (χ0n) is 16.9. The average Bonchev–Trinajstić information content (AvgIpc) is 2.77. The zero-order valence-corrected chi connectivity index (χ0v) is 19.2. The Labute approximate surface area is 193 Å². The molecule has 0 fully saturated rings. The predicted octanol–water partition coefficient (Wildman–Crippen LogP) is 2.33. The number of amides is 1. The van der Waals surface area contributed by atoms with Gasteiger partial charge in [0.1, 0.15) is 16.9 Å². The number of hydrogen-bond donors (Lipinski definition) is 2. The number of anilines is 1. The highest BCUT2D eigenvalue weighted by atomic mass is 35.5. The lowest BCUT2D eigenvalue weighted by Crippen LogP contribution is -2.34. The minimum absolute atomic E-state index is 0.0150. The van der Waals surface area contributed by atoms with Crippen molar-refractivity contribution in [3.8, 4) is 0 Å². The highest BCUT2D eigenvalue weighted by molar-refractivity contribution is 7.89. The fraction of sp³-hybridized carbons (Fsp3) is 0.211. The molecule has 0 saturated carbocycles. The molecule has 32 heavy (non-hydrogen) atoms. The summed E-state index contributed by atoms with van der Waals surface area (Å²) in [5.41, 5.74) is 0.180. The lowest BCUT2D eigenvalue weighted by atomic mass is 10.3. The molecule has 3 aromatic heterocycles. The molecule has 0 spiro atoms. The fourth-order valence-electron chi connectivity index (χ4n) is 2.63. The third-order valence-electron chi connectivity index (χ3n) is 4.37. The number of nitrogens with zero attached hydrogens (tertiary/aromatic N) is 4. The Hall–Kier alpha value is -2.86. The highest BCUT2D eigenvalue weighted by Crippen LogP contribution is 2.18. The van der Waals surface area contributed by atoms with E-state index in [1.165, 1.54) is 19.1 Å². The van der Waals surface area contributed by atoms with E-state index in [1.54, 1.807) is 31.3 Å². The van der Waals surface area contributed by atoms with Crippen LogP contribution in [0.25, 0.3) is 0 Å². The Kier molecular flexibility index (Phi) is 7.24. The van der Waals surface area contributed by atoms with Gasteiger partial charge >= 0.3 is 0 Å². The first-order valence-corrected chi connectivity index (χ1v) is 11.4. The molecule has 1 atom stereocenters. The van der Waals surface area contributed by atoms with Gasteiger partial charge in [0.2, 0.25) is 5.91 Å². The Bertz CT molecular complexity index is 1320. The van der Waals surface area contributed by atoms with Crippen molar-refractivity contribution in [3.63, 3.8) is 0 Å². The van der Waals surface area contributed by atoms with E-state index >= 15 is 0 Å². The molecule has 0 aliphatic rings. The Morgan fingerprint density at radius 1 is 1.22 bits per heavy atom. The summed E-state index contributed by atoms with van der Waals surface area (Å²) in [7, 11) is -3.99. The number of aromatic nitrogens is 4. The van der Waals surface area contributed by atoms with Crippen LogP contribution in [0.1, 0.15) is 24.2 Å². The van der Waals surface area contributed by atoms with Crippen LogP contribution in [0, 0.1) is 6.92 Å². The van der Waals surface area contributed by atoms with Gasteiger partial charge in [-0.15, -0.1) is 0 Å². The van der Waals surface area contributed by atoms with Crippen LogP contribution in [0.4, 0.5) is 5.82 Å². The normalized spacial score (nSPS) is 12.4. The molecule has 0 saturated heterocycles. The molecule has 1 amide bonds. The van der Waals surface area contributed by atoms with E-state index in [0.29, 0.717) is 11.3 Å². The number of pyridine rings is 2. The second-order valence-corrected chi connectivity index (χ2v) is 9.15. The van der Waals surface area contributed by atoms with Crippen molar-refractivity contribution >= 4 is 45.0 Å². The van der Waals surface area contributed by atoms with Crippen molar-refractivity contribution in [2.45, 2.75) is 31.5 Å². The largest absolute Gasteiger partial charge is 0.309 e. The molecule has 2 N–H and O–H groups in total. The number of aryl methyl sites for hydroxylation is 1. The van der Waals surface area contributed by atoms with Crippen LogP contribution < -0.4 is 15.6 Å². The monoisotopic (exact) mass is 496 g/mol. The predicted molar refractivity (Wildman–Crippen MR) is 119 cm³/mol. The summed E-state index contributed by atoms with van der Waals surface area (Å²) in [4.78, 5) is 33.0. The van der Waals surface area contributed by atoms with Gasteiger partial charge in [-0.2, -0.15) is 5.10 Å². The topological polar surface area (TPSA) is 136 Å². The Morgan fingerprint density at radius 2 is 1.97 bits per heavy atom. The number of rotatable bonds is 7. The van der Waals surface area contributed by atoms with Crippen molar-refractivity contribution < 1.29 is 13.2 Å². The second-order valence-electron chi connectivity index (χ2n) is 6.69. The molecule has 13 heteroatoms. The van der Waals surface area contributed by atoms with Gasteiger partial charge in [0.25, 0.3) is 15.6 Å². The summed E-state index contributed by atoms with van der Waals surface area (Å²) in [5, 5.41) is 5.76. The number of hydrogen-bond acceptors (Lipinski definition) is 7. The molecule has 3 rings (SSSR count). The van der Waals surface area contributed by atoms with E-state index < -0.39 is 27.5 Å². The van der Waals surface area contributed by atoms with Gasteiger partial charge in [-0.25, -0.2) is 22.8 Å². The number of carbonyl (C=O) groups is 1. The molecule has 3 aromatic rings. The first-order valence-electron chi connectivity index (χ1n) is 9.21. The summed E-state index contributed by atoms with van der Waals surface area (Å²) in [6, 6.07) is 7.03. The van der Waals surface area contributed by atoms with Gasteiger partial charge < -0.3 is 5.32 Å². The summed E-state index contributed by atoms with van der Waals surface area (Å²) >= 11 is 11.6. The molecule has 3 heterocycles. The Balaban J connectivity index is 1.80. The lowest BCUT2D eigenvalue weighted by Gasteiger charge is -2.15. The van der Waals surface area contributed by atoms with Gasteiger partial charge in [0.05, 0.1) is 23.5 Å². The smallest absolute Gasteiger partial charge is 0.287 e. The minimum atomic E-state index is -3.99. The van der Waals surface area contributed by atoms with E-state index in [4.69, 9.17) is 23.2 Å². The number of sulfonamides is 1. The number of nitrogens with one attached hydrogen (secondary N) is 2. The maximum absolute atomic E-state index is 12.7. The molecule has 0 radical (unpaired) electrons. The van der Waals surface area contributed by atoms with Crippen LogP contribution in [-0.4, -0.2) is 34.1 Å². The van der Waals surface area contributed by atoms with Crippen LogP contribution >= 0.6 is 23.2 Å². The third-order valence-corrected chi connectivity index (χ3v) is 6.57. The fourth-order valence-corrected chi connectivity index (χ4v) is 4.08. The second kappa shape index (κ2) is 9.74. The molecule has 0 bridgehead atoms. The van der Waals surface area contributed by atoms with Crippen molar-refractivity contribution in [2.24, 2.45) is 0 Å². The maximum atomic E-state index is 12.7. The summed E-state index contributed by atoms with van der Waals surface area (Å²) in [6.45, 7) is 2.98. The van der Waals surface area contributed by atoms with Crippen molar-refractivity contribution in [3.05, 3.63) is 74.4 Å². The van der Waals surface area contributed by atoms with Crippen LogP contribution in [0.2, 0.25) is 10.0 Å². The summed E-state index contributed by atoms with van der Waals surface area (Å²) in [6.07, 6.45) is 2.70. The van der Waals surface area contributed by atoms with Gasteiger partial charge in [-0.3, -0.25) is 14.6 Å². The molecule has 0 aromatic carbocycles. The number of halogens is 2. The third kappa shape index (κ3) is 5.30. The van der Waals surface area contributed by atoms with Gasteiger partial charge in [-0.1, -0.05) is 35.3 Å². The van der Waals surface area contributed by atoms with Gasteiger partial charge in [0, 0.05) is 6.20 Å². The molecule has 0 aliphatic carbocycles. The molecule has 168 valence electrons. The zero-order chi connectivity index (χ0) is 23.5. The minimum Gasteiger partial charge on any atom is -0.309 e. The average molecular weight is 497 g/mol. The van der Waals surface area contributed by atoms with Crippen LogP contribution in [-0.2, 0) is 21.4 Å². The maximum Gasteiger partial charge on any atom is 0.287 e. The summed E-state index contributed by atoms with van der Waals surface area (Å²) < 4.78 is 28.8. The van der Waals surface area contributed by atoms with Gasteiger partial charge in [-0.05, 0) is 37.6 Å². The van der Waals surface area contributed by atoms with E-state index in [1.807, 2.05) is 0 Å². The van der Waals surface area contributed by atoms with E-state index in [9.17, 15) is 18.0 Å². The molecule has 1 unspecified atom stereocenters. The first-order chi connectivity index (χ1) is 15.1. The van der Waals surface area contributed by atoms with Crippen LogP contribution in [0.5, 0.6) is 0 Å². The number of carbonyl (C=O) groups excluding carboxylic acids is 1. The van der Waals surface area contributed by atoms with Crippen molar-refractivity contribution in [1.82, 2.24) is 24.5 Å². The molecule has 0 aliphatic heterocycles. The molecule has 10 nitrogen and oxygen atoms in total. The van der Waals surface area contributed by atoms with E-state index in [2.05, 4.69) is 25.1 Å². The standard InChI is InChI=1S/C19H18Cl2N6O4S/c1-11-6-7-15(25-17(28)12(2)27-19(29)16(21)14(20)10-23-27)26-18(11)32(30,31)24-9-13-5-3-4-8-22-13/h3-8,10,12,24H,9H2,1-2H3,(H,25,26,28). The van der Waals surface area contributed by atoms with E-state index in [0.717, 1.165) is 10.9 Å². The van der Waals surface area contributed by atoms with Gasteiger partial charge in [0.15, 0.2) is 5.03 Å². The highest BCUT2D eigenvalue weighted by Gasteiger charge is 2.23. The molecular formula is C19H18Cl2N6O4S. The van der Waals surface area contributed by atoms with Crippen molar-refractivity contribution in [1.29, 1.82) is 0 Å². The quantitative estimate of drug-likeness (QED) is 0.511. The van der Waals surface area contributed by atoms with E-state index in [-0.39, 0.29) is 27.4 Å². The Morgan fingerprint density at radius 3 is 2.66 bits per heavy atom. The summed E-state index contributed by atoms with van der Waals surface area (Å²) in [5.74, 6) is -0.669. The lowest BCUT2D eigenvalue weighted by molar-refractivity contribution is -0.119. The first kappa shape index (κ1) is 23.8. The van der Waals surface area contributed by atoms with Crippen LogP contribution in [0.3, 0.4) is 0 Å². The molecular weight excluding hydrogens is 479 g/mol. The van der Waals surface area contributed by atoms with Crippen LogP contribution in [0.15, 0.2) is 52.5 Å². The SMILES string of the molecule is Cc1ccc(NC(=O)C(C)n2ncc(Cl)c(Cl)c2=O)nc1S(=O)(=O)NCc1ccccn1.